The molecule has 0 amide bonds. The number of nitrogens with zero attached hydrogens (tertiary/aromatic N) is 4. The monoisotopic (exact) mass is 342 g/mol. The molecule has 0 N–H and O–H groups in total. The van der Waals surface area contributed by atoms with Crippen molar-refractivity contribution >= 4 is 24.7 Å². The van der Waals surface area contributed by atoms with Gasteiger partial charge in [0.2, 0.25) is 0 Å². The van der Waals surface area contributed by atoms with Gasteiger partial charge in [0.1, 0.15) is 0 Å². The first-order chi connectivity index (χ1) is 9.48. The zero-order valence-electron chi connectivity index (χ0n) is 11.7. The van der Waals surface area contributed by atoms with E-state index in [-0.39, 0.29) is 10.6 Å². The molecule has 2 aliphatic heterocycles. The summed E-state index contributed by atoms with van der Waals surface area (Å²) >= 11 is -2.28. The Labute approximate surface area is 120 Å². The van der Waals surface area contributed by atoms with E-state index in [4.69, 9.17) is 4.01 Å². The fourth-order valence-corrected chi connectivity index (χ4v) is 5.46. The van der Waals surface area contributed by atoms with Gasteiger partial charge in [0, 0.05) is 0 Å². The SMILES string of the molecule is C[Se]1(C)N=c2c(N3CCCCC3)ccc([N+](=O)[O-])c2=N1. The molecule has 1 aromatic carbocycles. The predicted molar refractivity (Wildman–Crippen MR) is 79.0 cm³/mol. The van der Waals surface area contributed by atoms with Crippen LogP contribution in [0.5, 0.6) is 0 Å². The van der Waals surface area contributed by atoms with Crippen molar-refractivity contribution in [2.45, 2.75) is 30.9 Å². The Morgan fingerprint density at radius 2 is 1.80 bits per heavy atom. The van der Waals surface area contributed by atoms with E-state index in [0.29, 0.717) is 5.36 Å². The summed E-state index contributed by atoms with van der Waals surface area (Å²) in [6.45, 7) is 2.01. The molecule has 0 radical (unpaired) electrons. The second-order valence-corrected chi connectivity index (χ2v) is 11.4. The average molecular weight is 341 g/mol. The molecule has 2 heterocycles. The Hall–Kier alpha value is -1.46. The summed E-state index contributed by atoms with van der Waals surface area (Å²) in [5.74, 6) is 4.06. The summed E-state index contributed by atoms with van der Waals surface area (Å²) in [5, 5.41) is 12.4. The number of nitro groups is 1. The van der Waals surface area contributed by atoms with Crippen LogP contribution >= 0.6 is 0 Å². The van der Waals surface area contributed by atoms with Gasteiger partial charge in [-0.1, -0.05) is 0 Å². The van der Waals surface area contributed by atoms with Crippen molar-refractivity contribution in [1.82, 2.24) is 0 Å². The topological polar surface area (TPSA) is 71.1 Å². The first kappa shape index (κ1) is 13.5. The van der Waals surface area contributed by atoms with E-state index in [0.717, 1.165) is 24.1 Å². The summed E-state index contributed by atoms with van der Waals surface area (Å²) in [6.07, 6.45) is 3.60. The average Bonchev–Trinajstić information content (AvgIpc) is 2.73. The van der Waals surface area contributed by atoms with Crippen LogP contribution < -0.4 is 15.6 Å². The van der Waals surface area contributed by atoms with Crippen molar-refractivity contribution in [2.75, 3.05) is 18.0 Å². The van der Waals surface area contributed by atoms with E-state index in [1.54, 1.807) is 6.07 Å². The van der Waals surface area contributed by atoms with E-state index in [1.807, 2.05) is 17.7 Å². The van der Waals surface area contributed by atoms with Crippen LogP contribution in [-0.2, 0) is 0 Å². The minimum atomic E-state index is -2.28. The van der Waals surface area contributed by atoms with Crippen LogP contribution in [0.2, 0.25) is 11.6 Å². The number of benzene rings is 1. The third-order valence-electron chi connectivity index (χ3n) is 3.63. The van der Waals surface area contributed by atoms with Crippen molar-refractivity contribution in [3.05, 3.63) is 33.0 Å². The molecule has 0 saturated carbocycles. The predicted octanol–water partition coefficient (Wildman–Crippen LogP) is 1.54. The van der Waals surface area contributed by atoms with E-state index in [2.05, 4.69) is 8.91 Å². The summed E-state index contributed by atoms with van der Waals surface area (Å²) in [7, 11) is 0. The molecule has 6 nitrogen and oxygen atoms in total. The van der Waals surface area contributed by atoms with Crippen molar-refractivity contribution in [2.24, 2.45) is 8.02 Å². The van der Waals surface area contributed by atoms with Crippen molar-refractivity contribution in [3.63, 3.8) is 0 Å². The van der Waals surface area contributed by atoms with Gasteiger partial charge in [-0.25, -0.2) is 0 Å². The van der Waals surface area contributed by atoms with Crippen LogP contribution in [0.15, 0.2) is 20.2 Å². The summed E-state index contributed by atoms with van der Waals surface area (Å²) in [4.78, 5) is 13.1. The van der Waals surface area contributed by atoms with E-state index in [9.17, 15) is 10.1 Å². The number of anilines is 1. The zero-order chi connectivity index (χ0) is 14.3. The number of piperidine rings is 1. The van der Waals surface area contributed by atoms with Crippen LogP contribution in [0, 0.1) is 10.1 Å². The molecule has 0 spiro atoms. The third kappa shape index (κ3) is 2.31. The molecule has 7 heteroatoms. The molecule has 3 rings (SSSR count). The molecule has 1 fully saturated rings. The maximum atomic E-state index is 11.2. The van der Waals surface area contributed by atoms with E-state index in [1.165, 1.54) is 19.3 Å². The van der Waals surface area contributed by atoms with Gasteiger partial charge in [-0.3, -0.25) is 0 Å². The van der Waals surface area contributed by atoms with Crippen molar-refractivity contribution in [3.8, 4) is 0 Å². The Balaban J connectivity index is 2.19. The van der Waals surface area contributed by atoms with Crippen LogP contribution in [0.3, 0.4) is 0 Å². The number of rotatable bonds is 2. The standard InChI is InChI=1S/C13H18N4O2Se/c1-20(2)14-12-10(16-8-4-3-5-9-16)6-7-11(17(18)19)13(12)15-20/h6-7H,3-5,8-9H2,1-2H3. The van der Waals surface area contributed by atoms with Gasteiger partial charge in [-0.15, -0.1) is 0 Å². The molecular formula is C13H18N4O2Se. The van der Waals surface area contributed by atoms with Crippen LogP contribution in [0.1, 0.15) is 19.3 Å². The van der Waals surface area contributed by atoms with E-state index >= 15 is 0 Å². The van der Waals surface area contributed by atoms with Gasteiger partial charge in [0.25, 0.3) is 0 Å². The third-order valence-corrected chi connectivity index (χ3v) is 6.27. The minimum absolute atomic E-state index is 0.0901. The summed E-state index contributed by atoms with van der Waals surface area (Å²) in [6, 6.07) is 3.43. The van der Waals surface area contributed by atoms with Crippen molar-refractivity contribution < 1.29 is 4.92 Å². The number of fused-ring (bicyclic) bond motifs is 1. The quantitative estimate of drug-likeness (QED) is 0.465. The Morgan fingerprint density at radius 1 is 1.15 bits per heavy atom. The first-order valence-electron chi connectivity index (χ1n) is 6.73. The number of nitro benzene ring substituents is 1. The van der Waals surface area contributed by atoms with Crippen LogP contribution in [0.25, 0.3) is 0 Å². The molecule has 20 heavy (non-hydrogen) atoms. The van der Waals surface area contributed by atoms with Gasteiger partial charge >= 0.3 is 119 Å². The second kappa shape index (κ2) is 4.82. The summed E-state index contributed by atoms with van der Waals surface area (Å²) in [5.41, 5.74) is 1.11. The van der Waals surface area contributed by atoms with Crippen LogP contribution in [-0.4, -0.2) is 31.3 Å². The number of hydrogen-bond acceptors (Lipinski definition) is 5. The molecule has 108 valence electrons. The Kier molecular flexibility index (Phi) is 3.26. The second-order valence-electron chi connectivity index (χ2n) is 5.51. The molecule has 0 unspecified atom stereocenters. The molecular weight excluding hydrogens is 323 g/mol. The Morgan fingerprint density at radius 3 is 2.45 bits per heavy atom. The molecule has 0 aromatic heterocycles. The number of non-ortho nitro benzene ring substituents is 1. The van der Waals surface area contributed by atoms with Crippen LogP contribution in [0.4, 0.5) is 11.4 Å². The van der Waals surface area contributed by atoms with Crippen molar-refractivity contribution in [1.29, 1.82) is 0 Å². The molecule has 0 atom stereocenters. The van der Waals surface area contributed by atoms with Gasteiger partial charge < -0.3 is 0 Å². The van der Waals surface area contributed by atoms with Gasteiger partial charge in [0.15, 0.2) is 0 Å². The molecule has 0 aliphatic carbocycles. The fraction of sp³-hybridized carbons (Fsp3) is 0.538. The molecule has 1 saturated heterocycles. The van der Waals surface area contributed by atoms with Gasteiger partial charge in [-0.2, -0.15) is 0 Å². The summed E-state index contributed by atoms with van der Waals surface area (Å²) < 4.78 is 9.33. The normalized spacial score (nSPS) is 21.6. The van der Waals surface area contributed by atoms with E-state index < -0.39 is 13.3 Å². The molecule has 1 aromatic rings. The fourth-order valence-electron chi connectivity index (χ4n) is 2.74. The first-order valence-corrected chi connectivity index (χ1v) is 11.7. The zero-order valence-corrected chi connectivity index (χ0v) is 13.4. The molecule has 0 bridgehead atoms. The maximum absolute atomic E-state index is 11.2. The molecule has 2 aliphatic rings. The Bertz CT molecular complexity index is 680. The van der Waals surface area contributed by atoms with Gasteiger partial charge in [-0.05, 0) is 0 Å². The van der Waals surface area contributed by atoms with Gasteiger partial charge in [0.05, 0.1) is 0 Å². The number of hydrogen-bond donors (Lipinski definition) is 0.